The molecule has 0 saturated heterocycles. The molecule has 7 nitrogen and oxygen atoms in total. The van der Waals surface area contributed by atoms with Crippen molar-refractivity contribution in [2.24, 2.45) is 11.3 Å². The Labute approximate surface area is 198 Å². The number of carboxylic acid groups (broad SMARTS) is 1. The number of nitrogens with zero attached hydrogens (tertiary/aromatic N) is 1. The molecular formula is C26H41N3O4. The van der Waals surface area contributed by atoms with Crippen LogP contribution in [0.2, 0.25) is 0 Å². The van der Waals surface area contributed by atoms with Gasteiger partial charge in [0.05, 0.1) is 12.1 Å². The van der Waals surface area contributed by atoms with Gasteiger partial charge in [0.2, 0.25) is 11.8 Å². The van der Waals surface area contributed by atoms with Crippen molar-refractivity contribution in [3.63, 3.8) is 0 Å². The first kappa shape index (κ1) is 28.4. The first-order valence-corrected chi connectivity index (χ1v) is 11.4. The summed E-state index contributed by atoms with van der Waals surface area (Å²) in [5.74, 6) is -1.61. The van der Waals surface area contributed by atoms with Crippen LogP contribution in [0.15, 0.2) is 42.5 Å². The van der Waals surface area contributed by atoms with Gasteiger partial charge in [-0.05, 0) is 23.9 Å². The van der Waals surface area contributed by atoms with Gasteiger partial charge in [0.15, 0.2) is 0 Å². The van der Waals surface area contributed by atoms with Crippen molar-refractivity contribution in [2.75, 3.05) is 14.1 Å². The third-order valence-electron chi connectivity index (χ3n) is 6.10. The molecular weight excluding hydrogens is 418 g/mol. The highest BCUT2D eigenvalue weighted by atomic mass is 16.4. The van der Waals surface area contributed by atoms with E-state index in [-0.39, 0.29) is 17.7 Å². The Morgan fingerprint density at radius 3 is 1.97 bits per heavy atom. The second-order valence-electron chi connectivity index (χ2n) is 10.5. The van der Waals surface area contributed by atoms with E-state index in [0.717, 1.165) is 11.6 Å². The van der Waals surface area contributed by atoms with Crippen LogP contribution < -0.4 is 10.6 Å². The molecule has 0 unspecified atom stereocenters. The highest BCUT2D eigenvalue weighted by molar-refractivity contribution is 5.91. The van der Waals surface area contributed by atoms with Crippen LogP contribution in [0, 0.1) is 11.3 Å². The predicted octanol–water partition coefficient (Wildman–Crippen LogP) is 3.21. The molecule has 0 aliphatic rings. The average molecular weight is 460 g/mol. The average Bonchev–Trinajstić information content (AvgIpc) is 2.71. The van der Waals surface area contributed by atoms with Crippen LogP contribution in [-0.4, -0.2) is 60.0 Å². The van der Waals surface area contributed by atoms with E-state index in [1.165, 1.54) is 11.0 Å². The normalized spacial score (nSPS) is 15.2. The van der Waals surface area contributed by atoms with Crippen LogP contribution in [0.25, 0.3) is 0 Å². The van der Waals surface area contributed by atoms with Gasteiger partial charge in [0, 0.05) is 18.5 Å². The first-order valence-electron chi connectivity index (χ1n) is 11.4. The maximum atomic E-state index is 13.6. The molecule has 0 aliphatic carbocycles. The van der Waals surface area contributed by atoms with E-state index in [2.05, 4.69) is 10.6 Å². The van der Waals surface area contributed by atoms with Crippen molar-refractivity contribution in [1.82, 2.24) is 15.5 Å². The number of rotatable bonds is 10. The second kappa shape index (κ2) is 11.5. The molecule has 33 heavy (non-hydrogen) atoms. The Morgan fingerprint density at radius 1 is 1.00 bits per heavy atom. The fourth-order valence-corrected chi connectivity index (χ4v) is 4.06. The third kappa shape index (κ3) is 7.42. The van der Waals surface area contributed by atoms with Crippen molar-refractivity contribution in [2.45, 2.75) is 72.0 Å². The number of aliphatic carboxylic acids is 1. The highest BCUT2D eigenvalue weighted by Gasteiger charge is 2.41. The molecule has 0 aromatic heterocycles. The minimum absolute atomic E-state index is 0.00654. The summed E-state index contributed by atoms with van der Waals surface area (Å²) in [5.41, 5.74) is -0.0786. The van der Waals surface area contributed by atoms with Gasteiger partial charge in [-0.3, -0.25) is 9.59 Å². The van der Waals surface area contributed by atoms with Crippen LogP contribution >= 0.6 is 0 Å². The van der Waals surface area contributed by atoms with Gasteiger partial charge in [-0.1, -0.05) is 84.9 Å². The molecule has 3 N–H and O–H groups in total. The molecule has 3 atom stereocenters. The van der Waals surface area contributed by atoms with E-state index in [1.54, 1.807) is 14.1 Å². The summed E-state index contributed by atoms with van der Waals surface area (Å²) in [6.07, 6.45) is 2.57. The molecule has 1 aromatic carbocycles. The monoisotopic (exact) mass is 459 g/mol. The lowest BCUT2D eigenvalue weighted by Gasteiger charge is -2.39. The highest BCUT2D eigenvalue weighted by Crippen LogP contribution is 2.29. The molecule has 0 saturated carbocycles. The molecule has 2 amide bonds. The van der Waals surface area contributed by atoms with Gasteiger partial charge in [-0.2, -0.15) is 0 Å². The van der Waals surface area contributed by atoms with E-state index >= 15 is 0 Å². The smallest absolute Gasteiger partial charge is 0.328 e. The number of hydrogen-bond acceptors (Lipinski definition) is 4. The Bertz CT molecular complexity index is 841. The Balaban J connectivity index is 3.24. The summed E-state index contributed by atoms with van der Waals surface area (Å²) in [5, 5.41) is 15.1. The zero-order valence-electron chi connectivity index (χ0n) is 21.5. The van der Waals surface area contributed by atoms with Gasteiger partial charge < -0.3 is 20.6 Å². The Morgan fingerprint density at radius 2 is 1.55 bits per heavy atom. The Hall–Kier alpha value is -2.67. The fourth-order valence-electron chi connectivity index (χ4n) is 4.06. The quantitative estimate of drug-likeness (QED) is 0.467. The maximum absolute atomic E-state index is 13.6. The predicted molar refractivity (Wildman–Crippen MR) is 132 cm³/mol. The van der Waals surface area contributed by atoms with E-state index < -0.39 is 34.9 Å². The topological polar surface area (TPSA) is 98.7 Å². The second-order valence-corrected chi connectivity index (χ2v) is 10.5. The minimum atomic E-state index is -1.07. The van der Waals surface area contributed by atoms with Crippen LogP contribution in [0.1, 0.15) is 54.0 Å². The molecule has 1 aromatic rings. The molecule has 0 bridgehead atoms. The number of nitrogens with one attached hydrogen (secondary N) is 2. The number of carbonyl (C=O) groups is 3. The summed E-state index contributed by atoms with van der Waals surface area (Å²) < 4.78 is 0. The van der Waals surface area contributed by atoms with Gasteiger partial charge in [-0.15, -0.1) is 0 Å². The molecule has 0 fully saturated rings. The number of carboxylic acids is 1. The minimum Gasteiger partial charge on any atom is -0.478 e. The largest absolute Gasteiger partial charge is 0.478 e. The molecule has 184 valence electrons. The summed E-state index contributed by atoms with van der Waals surface area (Å²) in [4.78, 5) is 39.6. The number of likely N-dealkylation sites (N-methyl/N-ethyl adjacent to an activating group) is 2. The van der Waals surface area contributed by atoms with Crippen molar-refractivity contribution < 1.29 is 19.5 Å². The van der Waals surface area contributed by atoms with E-state index in [0.29, 0.717) is 0 Å². The number of hydrogen-bond donors (Lipinski definition) is 3. The van der Waals surface area contributed by atoms with E-state index in [9.17, 15) is 14.4 Å². The summed E-state index contributed by atoms with van der Waals surface area (Å²) in [6, 6.07) is 7.99. The molecule has 7 heteroatoms. The van der Waals surface area contributed by atoms with Crippen molar-refractivity contribution in [3.8, 4) is 0 Å². The van der Waals surface area contributed by atoms with Crippen molar-refractivity contribution >= 4 is 17.8 Å². The Kier molecular flexibility index (Phi) is 9.85. The molecule has 0 radical (unpaired) electrons. The van der Waals surface area contributed by atoms with Gasteiger partial charge >= 0.3 is 5.97 Å². The zero-order valence-corrected chi connectivity index (χ0v) is 21.5. The standard InChI is InChI=1S/C26H41N3O4/c1-17(2)19(15-16-20(30)31)29(9)24(33)22(25(3,4)5)28-23(32)21(27-8)26(6,7)18-13-11-10-12-14-18/h10-17,19,21-22,27H,1-9H3,(H,28,32)(H,30,31)/t19-,21-,22-/m1/s1. The lowest BCUT2D eigenvalue weighted by Crippen LogP contribution is -2.61. The van der Waals surface area contributed by atoms with Crippen LogP contribution in [-0.2, 0) is 19.8 Å². The van der Waals surface area contributed by atoms with Crippen LogP contribution in [0.3, 0.4) is 0 Å². The van der Waals surface area contributed by atoms with Crippen molar-refractivity contribution in [3.05, 3.63) is 48.0 Å². The van der Waals surface area contributed by atoms with Crippen LogP contribution in [0.4, 0.5) is 0 Å². The summed E-state index contributed by atoms with van der Waals surface area (Å²) in [7, 11) is 3.38. The fraction of sp³-hybridized carbons (Fsp3) is 0.577. The summed E-state index contributed by atoms with van der Waals surface area (Å²) in [6.45, 7) is 13.5. The molecule has 0 aliphatic heterocycles. The van der Waals surface area contributed by atoms with E-state index in [1.807, 2.05) is 78.8 Å². The SMILES string of the molecule is CN[C@H](C(=O)N[C@H](C(=O)N(C)[C@H](C=CC(=O)O)C(C)C)C(C)(C)C)C(C)(C)c1ccccc1. The van der Waals surface area contributed by atoms with Gasteiger partial charge in [0.1, 0.15) is 6.04 Å². The summed E-state index contributed by atoms with van der Waals surface area (Å²) >= 11 is 0. The first-order chi connectivity index (χ1) is 15.1. The number of carbonyl (C=O) groups excluding carboxylic acids is 2. The van der Waals surface area contributed by atoms with Crippen molar-refractivity contribution in [1.29, 1.82) is 0 Å². The van der Waals surface area contributed by atoms with Crippen LogP contribution in [0.5, 0.6) is 0 Å². The van der Waals surface area contributed by atoms with E-state index in [4.69, 9.17) is 5.11 Å². The van der Waals surface area contributed by atoms with Gasteiger partial charge in [-0.25, -0.2) is 4.79 Å². The maximum Gasteiger partial charge on any atom is 0.328 e. The molecule has 0 heterocycles. The molecule has 0 spiro atoms. The lowest BCUT2D eigenvalue weighted by molar-refractivity contribution is -0.141. The number of benzene rings is 1. The molecule has 1 rings (SSSR count). The van der Waals surface area contributed by atoms with Gasteiger partial charge in [0.25, 0.3) is 0 Å². The number of amides is 2. The third-order valence-corrected chi connectivity index (χ3v) is 6.10. The lowest BCUT2D eigenvalue weighted by atomic mass is 9.76. The zero-order chi connectivity index (χ0) is 25.6.